The Kier molecular flexibility index (Phi) is 5.29. The molecule has 0 aliphatic rings. The third kappa shape index (κ3) is 4.21. The van der Waals surface area contributed by atoms with Gasteiger partial charge in [0, 0.05) is 23.3 Å². The Labute approximate surface area is 104 Å². The Balaban J connectivity index is 2.66. The number of hydrogen-bond acceptors (Lipinski definition) is 3. The lowest BCUT2D eigenvalue weighted by atomic mass is 10.1. The maximum absolute atomic E-state index is 10.7. The summed E-state index contributed by atoms with van der Waals surface area (Å²) in [6, 6.07) is 5.10. The second kappa shape index (κ2) is 6.51. The van der Waals surface area contributed by atoms with E-state index in [1.165, 1.54) is 18.7 Å². The topological polar surface area (TPSA) is 34.1 Å². The Morgan fingerprint density at radius 3 is 2.81 bits per heavy atom. The van der Waals surface area contributed by atoms with Gasteiger partial charge in [-0.15, -0.1) is 0 Å². The molecule has 2 nitrogen and oxygen atoms in total. The highest BCUT2D eigenvalue weighted by Gasteiger charge is 1.98. The zero-order valence-corrected chi connectivity index (χ0v) is 10.3. The Morgan fingerprint density at radius 1 is 1.50 bits per heavy atom. The molecule has 0 radical (unpaired) electrons. The van der Waals surface area contributed by atoms with Gasteiger partial charge in [0.1, 0.15) is 6.29 Å². The van der Waals surface area contributed by atoms with E-state index in [4.69, 9.17) is 11.6 Å². The SMILES string of the molecule is CC(=O)SCC=Cc1ccc(C=O)cc1Cl. The second-order valence-electron chi connectivity index (χ2n) is 3.10. The third-order valence-corrected chi connectivity index (χ3v) is 2.93. The summed E-state index contributed by atoms with van der Waals surface area (Å²) in [5, 5.41) is 0.626. The molecule has 0 atom stereocenters. The molecule has 0 bridgehead atoms. The molecule has 16 heavy (non-hydrogen) atoms. The van der Waals surface area contributed by atoms with Gasteiger partial charge in [-0.1, -0.05) is 47.6 Å². The van der Waals surface area contributed by atoms with E-state index in [9.17, 15) is 9.59 Å². The molecule has 4 heteroatoms. The lowest BCUT2D eigenvalue weighted by Gasteiger charge is -1.98. The normalized spacial score (nSPS) is 10.6. The fraction of sp³-hybridized carbons (Fsp3) is 0.167. The van der Waals surface area contributed by atoms with Crippen molar-refractivity contribution in [1.29, 1.82) is 0 Å². The minimum absolute atomic E-state index is 0.0899. The van der Waals surface area contributed by atoms with E-state index in [0.29, 0.717) is 16.3 Å². The number of rotatable bonds is 4. The quantitative estimate of drug-likeness (QED) is 0.772. The molecule has 1 aromatic rings. The molecule has 1 aromatic carbocycles. The first-order valence-electron chi connectivity index (χ1n) is 4.68. The van der Waals surface area contributed by atoms with Crippen molar-refractivity contribution in [2.75, 3.05) is 5.75 Å². The minimum atomic E-state index is 0.0899. The van der Waals surface area contributed by atoms with Crippen molar-refractivity contribution in [3.63, 3.8) is 0 Å². The third-order valence-electron chi connectivity index (χ3n) is 1.84. The summed E-state index contributed by atoms with van der Waals surface area (Å²) in [5.74, 6) is 0.626. The van der Waals surface area contributed by atoms with Crippen molar-refractivity contribution < 1.29 is 9.59 Å². The van der Waals surface area contributed by atoms with Crippen LogP contribution in [0.4, 0.5) is 0 Å². The summed E-state index contributed by atoms with van der Waals surface area (Å²) in [5.41, 5.74) is 1.40. The molecule has 0 aliphatic heterocycles. The number of carbonyl (C=O) groups is 2. The van der Waals surface area contributed by atoms with Crippen molar-refractivity contribution >= 4 is 40.8 Å². The Hall–Kier alpha value is -1.06. The zero-order valence-electron chi connectivity index (χ0n) is 8.77. The van der Waals surface area contributed by atoms with Gasteiger partial charge in [-0.3, -0.25) is 9.59 Å². The molecular formula is C12H11ClO2S. The number of carbonyl (C=O) groups excluding carboxylic acids is 2. The molecule has 0 amide bonds. The number of benzene rings is 1. The molecule has 0 aromatic heterocycles. The largest absolute Gasteiger partial charge is 0.298 e. The van der Waals surface area contributed by atoms with Gasteiger partial charge in [-0.25, -0.2) is 0 Å². The zero-order chi connectivity index (χ0) is 12.0. The molecular weight excluding hydrogens is 244 g/mol. The molecule has 1 rings (SSSR count). The van der Waals surface area contributed by atoms with Gasteiger partial charge in [-0.05, 0) is 11.6 Å². The summed E-state index contributed by atoms with van der Waals surface area (Å²) in [6.45, 7) is 1.53. The highest BCUT2D eigenvalue weighted by atomic mass is 35.5. The van der Waals surface area contributed by atoms with Crippen LogP contribution >= 0.6 is 23.4 Å². The lowest BCUT2D eigenvalue weighted by molar-refractivity contribution is -0.109. The van der Waals surface area contributed by atoms with Crippen LogP contribution in [0.3, 0.4) is 0 Å². The molecule has 0 saturated carbocycles. The van der Waals surface area contributed by atoms with E-state index in [-0.39, 0.29) is 5.12 Å². The van der Waals surface area contributed by atoms with Crippen LogP contribution in [0, 0.1) is 0 Å². The number of thioether (sulfide) groups is 1. The smallest absolute Gasteiger partial charge is 0.186 e. The molecule has 84 valence electrons. The molecule has 0 spiro atoms. The molecule has 0 saturated heterocycles. The van der Waals surface area contributed by atoms with Gasteiger partial charge < -0.3 is 0 Å². The van der Waals surface area contributed by atoms with Crippen LogP contribution in [-0.4, -0.2) is 17.2 Å². The van der Waals surface area contributed by atoms with E-state index in [1.807, 2.05) is 12.2 Å². The van der Waals surface area contributed by atoms with Crippen LogP contribution < -0.4 is 0 Å². The first-order chi connectivity index (χ1) is 7.63. The van der Waals surface area contributed by atoms with Crippen molar-refractivity contribution in [3.8, 4) is 0 Å². The standard InChI is InChI=1S/C12H11ClO2S/c1-9(15)16-6-2-3-11-5-4-10(8-14)7-12(11)13/h2-5,7-8H,6H2,1H3. The molecule has 0 aliphatic carbocycles. The van der Waals surface area contributed by atoms with Crippen LogP contribution in [0.25, 0.3) is 6.08 Å². The van der Waals surface area contributed by atoms with Gasteiger partial charge in [0.05, 0.1) is 0 Å². The van der Waals surface area contributed by atoms with Crippen LogP contribution in [0.2, 0.25) is 5.02 Å². The average molecular weight is 255 g/mol. The summed E-state index contributed by atoms with van der Waals surface area (Å²) in [4.78, 5) is 21.2. The minimum Gasteiger partial charge on any atom is -0.298 e. The van der Waals surface area contributed by atoms with Crippen molar-refractivity contribution in [2.45, 2.75) is 6.92 Å². The van der Waals surface area contributed by atoms with E-state index >= 15 is 0 Å². The van der Waals surface area contributed by atoms with Crippen molar-refractivity contribution in [1.82, 2.24) is 0 Å². The summed E-state index contributed by atoms with van der Waals surface area (Å²) >= 11 is 7.20. The van der Waals surface area contributed by atoms with Crippen LogP contribution in [0.1, 0.15) is 22.8 Å². The first-order valence-corrected chi connectivity index (χ1v) is 6.04. The molecule has 0 N–H and O–H groups in total. The van der Waals surface area contributed by atoms with Gasteiger partial charge >= 0.3 is 0 Å². The average Bonchev–Trinajstić information content (AvgIpc) is 2.25. The second-order valence-corrected chi connectivity index (χ2v) is 4.71. The van der Waals surface area contributed by atoms with Gasteiger partial charge in [0.25, 0.3) is 0 Å². The van der Waals surface area contributed by atoms with E-state index in [0.717, 1.165) is 11.8 Å². The summed E-state index contributed by atoms with van der Waals surface area (Å²) in [6.07, 6.45) is 4.46. The maximum Gasteiger partial charge on any atom is 0.186 e. The van der Waals surface area contributed by atoms with Gasteiger partial charge in [0.15, 0.2) is 5.12 Å². The maximum atomic E-state index is 10.7. The summed E-state index contributed by atoms with van der Waals surface area (Å²) < 4.78 is 0. The number of halogens is 1. The highest BCUT2D eigenvalue weighted by Crippen LogP contribution is 2.18. The van der Waals surface area contributed by atoms with Gasteiger partial charge in [-0.2, -0.15) is 0 Å². The monoisotopic (exact) mass is 254 g/mol. The predicted molar refractivity (Wildman–Crippen MR) is 69.0 cm³/mol. The van der Waals surface area contributed by atoms with Crippen molar-refractivity contribution in [3.05, 3.63) is 40.4 Å². The van der Waals surface area contributed by atoms with E-state index in [2.05, 4.69) is 0 Å². The van der Waals surface area contributed by atoms with Crippen LogP contribution in [0.15, 0.2) is 24.3 Å². The van der Waals surface area contributed by atoms with E-state index < -0.39 is 0 Å². The van der Waals surface area contributed by atoms with Crippen LogP contribution in [0.5, 0.6) is 0 Å². The number of aldehydes is 1. The molecule has 0 unspecified atom stereocenters. The fourth-order valence-electron chi connectivity index (χ4n) is 1.09. The van der Waals surface area contributed by atoms with Crippen LogP contribution in [-0.2, 0) is 4.79 Å². The fourth-order valence-corrected chi connectivity index (χ4v) is 1.77. The summed E-state index contributed by atoms with van der Waals surface area (Å²) in [7, 11) is 0. The molecule has 0 fully saturated rings. The predicted octanol–water partition coefficient (Wildman–Crippen LogP) is 3.45. The first kappa shape index (κ1) is 13.0. The molecule has 0 heterocycles. The van der Waals surface area contributed by atoms with E-state index in [1.54, 1.807) is 18.2 Å². The van der Waals surface area contributed by atoms with Crippen molar-refractivity contribution in [2.24, 2.45) is 0 Å². The Bertz CT molecular complexity index is 427. The lowest BCUT2D eigenvalue weighted by Crippen LogP contribution is -1.83. The Morgan fingerprint density at radius 2 is 2.25 bits per heavy atom. The number of hydrogen-bond donors (Lipinski definition) is 0. The highest BCUT2D eigenvalue weighted by molar-refractivity contribution is 8.13. The van der Waals surface area contributed by atoms with Gasteiger partial charge in [0.2, 0.25) is 0 Å².